The van der Waals surface area contributed by atoms with Gasteiger partial charge in [-0.1, -0.05) is 30.3 Å². The number of aliphatic hydroxyl groups excluding tert-OH is 1. The van der Waals surface area contributed by atoms with Gasteiger partial charge in [0.25, 0.3) is 16.1 Å². The van der Waals surface area contributed by atoms with Crippen molar-refractivity contribution < 1.29 is 31.5 Å². The van der Waals surface area contributed by atoms with Crippen LogP contribution in [0.4, 0.5) is 13.2 Å². The summed E-state index contributed by atoms with van der Waals surface area (Å²) in [7, 11) is -3.83. The van der Waals surface area contributed by atoms with Crippen LogP contribution in [0, 0.1) is 0 Å². The summed E-state index contributed by atoms with van der Waals surface area (Å²) < 4.78 is 61.5. The first-order valence-electron chi connectivity index (χ1n) is 8.26. The Kier molecular flexibility index (Phi) is 7.67. The van der Waals surface area contributed by atoms with Crippen LogP contribution in [-0.4, -0.2) is 43.6 Å². The van der Waals surface area contributed by atoms with Gasteiger partial charge in [0.2, 0.25) is 0 Å². The highest BCUT2D eigenvalue weighted by atomic mass is 32.2. The third kappa shape index (κ3) is 6.78. The SMILES string of the molecule is NS(=O)(=O)NCc1ccc(-c2ccc([C@@H](O)[C@@H](CF)NC(=O)C(F)F)cc2)cn1. The van der Waals surface area contributed by atoms with Crippen LogP contribution in [0.1, 0.15) is 17.4 Å². The van der Waals surface area contributed by atoms with E-state index in [0.29, 0.717) is 16.8 Å². The van der Waals surface area contributed by atoms with Gasteiger partial charge in [-0.25, -0.2) is 9.53 Å². The van der Waals surface area contributed by atoms with Crippen LogP contribution in [0.3, 0.4) is 0 Å². The molecule has 1 amide bonds. The van der Waals surface area contributed by atoms with E-state index in [4.69, 9.17) is 5.14 Å². The van der Waals surface area contributed by atoms with E-state index in [2.05, 4.69) is 9.71 Å². The number of hydrogen-bond donors (Lipinski definition) is 4. The molecule has 2 aromatic rings. The number of rotatable bonds is 9. The van der Waals surface area contributed by atoms with Gasteiger partial charge in [0.1, 0.15) is 12.8 Å². The lowest BCUT2D eigenvalue weighted by atomic mass is 9.99. The van der Waals surface area contributed by atoms with Crippen LogP contribution in [0.25, 0.3) is 11.1 Å². The van der Waals surface area contributed by atoms with Crippen LogP contribution in [-0.2, 0) is 21.5 Å². The predicted molar refractivity (Wildman–Crippen MR) is 98.5 cm³/mol. The van der Waals surface area contributed by atoms with E-state index in [-0.39, 0.29) is 12.1 Å². The average molecular weight is 432 g/mol. The number of halogens is 3. The Morgan fingerprint density at radius 1 is 1.14 bits per heavy atom. The number of carbonyl (C=O) groups excluding carboxylic acids is 1. The molecule has 0 fully saturated rings. The van der Waals surface area contributed by atoms with Crippen LogP contribution in [0.15, 0.2) is 42.6 Å². The first-order chi connectivity index (χ1) is 13.6. The van der Waals surface area contributed by atoms with E-state index < -0.39 is 41.4 Å². The van der Waals surface area contributed by atoms with Gasteiger partial charge < -0.3 is 10.4 Å². The Morgan fingerprint density at radius 3 is 2.24 bits per heavy atom. The Balaban J connectivity index is 2.08. The molecule has 0 spiro atoms. The minimum Gasteiger partial charge on any atom is -0.386 e. The number of carbonyl (C=O) groups is 1. The minimum absolute atomic E-state index is 0.0702. The molecular weight excluding hydrogens is 413 g/mol. The molecule has 5 N–H and O–H groups in total. The lowest BCUT2D eigenvalue weighted by Crippen LogP contribution is -2.43. The monoisotopic (exact) mass is 432 g/mol. The molecule has 2 atom stereocenters. The van der Waals surface area contributed by atoms with E-state index in [1.165, 1.54) is 18.3 Å². The summed E-state index contributed by atoms with van der Waals surface area (Å²) in [6.07, 6.45) is -3.32. The summed E-state index contributed by atoms with van der Waals surface area (Å²) in [6.45, 7) is -1.29. The highest BCUT2D eigenvalue weighted by Crippen LogP contribution is 2.23. The van der Waals surface area contributed by atoms with Crippen molar-refractivity contribution in [2.75, 3.05) is 6.67 Å². The maximum Gasteiger partial charge on any atom is 0.315 e. The first kappa shape index (κ1) is 22.7. The van der Waals surface area contributed by atoms with E-state index in [1.54, 1.807) is 29.6 Å². The predicted octanol–water partition coefficient (Wildman–Crippen LogP) is 0.795. The third-order valence-electron chi connectivity index (χ3n) is 3.94. The van der Waals surface area contributed by atoms with E-state index in [1.807, 2.05) is 0 Å². The summed E-state index contributed by atoms with van der Waals surface area (Å²) in [5, 5.41) is 16.8. The average Bonchev–Trinajstić information content (AvgIpc) is 2.69. The molecule has 1 aromatic carbocycles. The summed E-state index contributed by atoms with van der Waals surface area (Å²) in [6, 6.07) is 7.90. The van der Waals surface area contributed by atoms with Gasteiger partial charge in [-0.05, 0) is 17.2 Å². The molecule has 1 aromatic heterocycles. The summed E-state index contributed by atoms with van der Waals surface area (Å²) in [4.78, 5) is 15.1. The number of alkyl halides is 3. The molecule has 0 aliphatic rings. The van der Waals surface area contributed by atoms with Crippen molar-refractivity contribution in [1.29, 1.82) is 0 Å². The van der Waals surface area contributed by atoms with Gasteiger partial charge in [0.05, 0.1) is 18.3 Å². The van der Waals surface area contributed by atoms with Crippen molar-refractivity contribution in [1.82, 2.24) is 15.0 Å². The Bertz CT molecular complexity index is 925. The first-order valence-corrected chi connectivity index (χ1v) is 9.80. The number of benzene rings is 1. The number of pyridine rings is 1. The molecule has 0 unspecified atom stereocenters. The van der Waals surface area contributed by atoms with Gasteiger partial charge in [-0.2, -0.15) is 21.9 Å². The molecule has 12 heteroatoms. The fourth-order valence-corrected chi connectivity index (χ4v) is 2.78. The number of hydrogen-bond acceptors (Lipinski definition) is 5. The fraction of sp³-hybridized carbons (Fsp3) is 0.294. The second kappa shape index (κ2) is 9.78. The number of nitrogens with two attached hydrogens (primary N) is 1. The zero-order valence-corrected chi connectivity index (χ0v) is 15.7. The number of nitrogens with one attached hydrogen (secondary N) is 2. The van der Waals surface area contributed by atoms with Crippen molar-refractivity contribution in [3.8, 4) is 11.1 Å². The maximum atomic E-state index is 13.1. The Hall–Kier alpha value is -2.54. The molecule has 8 nitrogen and oxygen atoms in total. The van der Waals surface area contributed by atoms with Crippen molar-refractivity contribution in [3.05, 3.63) is 53.9 Å². The lowest BCUT2D eigenvalue weighted by Gasteiger charge is -2.22. The molecule has 0 radical (unpaired) electrons. The Morgan fingerprint density at radius 2 is 1.76 bits per heavy atom. The van der Waals surface area contributed by atoms with Crippen LogP contribution >= 0.6 is 0 Å². The third-order valence-corrected chi connectivity index (χ3v) is 4.48. The molecule has 29 heavy (non-hydrogen) atoms. The number of nitrogens with zero attached hydrogens (tertiary/aromatic N) is 1. The fourth-order valence-electron chi connectivity index (χ4n) is 2.43. The molecule has 0 bridgehead atoms. The second-order valence-electron chi connectivity index (χ2n) is 6.04. The zero-order valence-electron chi connectivity index (χ0n) is 14.9. The summed E-state index contributed by atoms with van der Waals surface area (Å²) in [5.74, 6) is -1.66. The highest BCUT2D eigenvalue weighted by Gasteiger charge is 2.26. The van der Waals surface area contributed by atoms with Gasteiger partial charge >= 0.3 is 6.43 Å². The second-order valence-corrected chi connectivity index (χ2v) is 7.42. The highest BCUT2D eigenvalue weighted by molar-refractivity contribution is 7.87. The smallest absolute Gasteiger partial charge is 0.315 e. The van der Waals surface area contributed by atoms with E-state index in [0.717, 1.165) is 0 Å². The number of aromatic nitrogens is 1. The molecule has 0 saturated carbocycles. The zero-order chi connectivity index (χ0) is 21.6. The van der Waals surface area contributed by atoms with Crippen molar-refractivity contribution in [2.24, 2.45) is 5.14 Å². The largest absolute Gasteiger partial charge is 0.386 e. The van der Waals surface area contributed by atoms with Crippen LogP contribution in [0.5, 0.6) is 0 Å². The van der Waals surface area contributed by atoms with E-state index in [9.17, 15) is 31.5 Å². The van der Waals surface area contributed by atoms with Gasteiger partial charge in [0.15, 0.2) is 0 Å². The standard InChI is InChI=1S/C17H19F3N4O4S/c18-7-14(24-17(26)16(19)20)15(25)11-3-1-10(2-4-11)12-5-6-13(22-8-12)9-23-29(21,27)28/h1-6,8,14-16,23,25H,7,9H2,(H,24,26)(H2,21,27,28)/t14-,15-/m1/s1. The van der Waals surface area contributed by atoms with Crippen molar-refractivity contribution in [3.63, 3.8) is 0 Å². The quantitative estimate of drug-likeness (QED) is 0.465. The molecule has 0 aliphatic heterocycles. The number of aliphatic hydroxyl groups is 1. The van der Waals surface area contributed by atoms with Gasteiger partial charge in [-0.3, -0.25) is 9.78 Å². The van der Waals surface area contributed by atoms with Crippen LogP contribution < -0.4 is 15.2 Å². The van der Waals surface area contributed by atoms with Crippen molar-refractivity contribution >= 4 is 16.1 Å². The molecule has 0 aliphatic carbocycles. The molecule has 2 rings (SSSR count). The summed E-state index contributed by atoms with van der Waals surface area (Å²) in [5.41, 5.74) is 2.04. The molecule has 1 heterocycles. The normalized spacial score (nSPS) is 13.9. The Labute approximate surface area is 165 Å². The molecular formula is C17H19F3N4O4S. The molecule has 0 saturated heterocycles. The topological polar surface area (TPSA) is 134 Å². The minimum atomic E-state index is -3.83. The van der Waals surface area contributed by atoms with Gasteiger partial charge in [0, 0.05) is 11.8 Å². The van der Waals surface area contributed by atoms with Crippen LogP contribution in [0.2, 0.25) is 0 Å². The van der Waals surface area contributed by atoms with Gasteiger partial charge in [-0.15, -0.1) is 0 Å². The molecule has 158 valence electrons. The maximum absolute atomic E-state index is 13.1. The van der Waals surface area contributed by atoms with Crippen molar-refractivity contribution in [2.45, 2.75) is 25.1 Å². The summed E-state index contributed by atoms with van der Waals surface area (Å²) >= 11 is 0. The lowest BCUT2D eigenvalue weighted by molar-refractivity contribution is -0.133. The van der Waals surface area contributed by atoms with E-state index >= 15 is 0 Å². The number of amides is 1.